The number of aliphatic hydroxyl groups is 1. The van der Waals surface area contributed by atoms with Crippen LogP contribution in [0, 0.1) is 16.0 Å². The average Bonchev–Trinajstić information content (AvgIpc) is 2.84. The van der Waals surface area contributed by atoms with Crippen LogP contribution in [0.15, 0.2) is 24.3 Å². The molecule has 1 fully saturated rings. The Hall–Kier alpha value is -1.51. The highest BCUT2D eigenvalue weighted by Gasteiger charge is 2.31. The van der Waals surface area contributed by atoms with Gasteiger partial charge in [-0.15, -0.1) is 0 Å². The van der Waals surface area contributed by atoms with Crippen LogP contribution in [-0.2, 0) is 15.8 Å². The molecule has 2 atom stereocenters. The van der Waals surface area contributed by atoms with Crippen LogP contribution in [0.5, 0.6) is 0 Å². The van der Waals surface area contributed by atoms with Crippen molar-refractivity contribution in [1.29, 1.82) is 0 Å². The highest BCUT2D eigenvalue weighted by Crippen LogP contribution is 2.26. The van der Waals surface area contributed by atoms with E-state index < -0.39 is 20.7 Å². The molecule has 7 nitrogen and oxygen atoms in total. The van der Waals surface area contributed by atoms with Gasteiger partial charge >= 0.3 is 0 Å². The molecule has 116 valence electrons. The molecule has 0 amide bonds. The lowest BCUT2D eigenvalue weighted by Crippen LogP contribution is -2.39. The van der Waals surface area contributed by atoms with Gasteiger partial charge in [-0.2, -0.15) is 0 Å². The molecule has 0 heterocycles. The van der Waals surface area contributed by atoms with E-state index in [9.17, 15) is 23.6 Å². The first-order valence-electron chi connectivity index (χ1n) is 6.76. The molecule has 1 saturated carbocycles. The molecule has 0 spiro atoms. The molecule has 0 aromatic heterocycles. The van der Waals surface area contributed by atoms with Gasteiger partial charge in [0.15, 0.2) is 0 Å². The van der Waals surface area contributed by atoms with Crippen LogP contribution < -0.4 is 4.72 Å². The monoisotopic (exact) mass is 314 g/mol. The molecular formula is C13H18N2O5S. The van der Waals surface area contributed by atoms with Gasteiger partial charge in [-0.3, -0.25) is 10.1 Å². The number of aliphatic hydroxyl groups excluding tert-OH is 1. The van der Waals surface area contributed by atoms with Crippen LogP contribution in [0.3, 0.4) is 0 Å². The van der Waals surface area contributed by atoms with E-state index in [1.165, 1.54) is 18.2 Å². The largest absolute Gasteiger partial charge is 0.396 e. The Morgan fingerprint density at radius 3 is 2.71 bits per heavy atom. The van der Waals surface area contributed by atoms with Crippen molar-refractivity contribution in [2.24, 2.45) is 5.92 Å². The second-order valence-electron chi connectivity index (χ2n) is 5.24. The first-order chi connectivity index (χ1) is 9.93. The maximum absolute atomic E-state index is 12.2. The van der Waals surface area contributed by atoms with Crippen LogP contribution in [0.25, 0.3) is 0 Å². The predicted octanol–water partition coefficient (Wildman–Crippen LogP) is 1.18. The van der Waals surface area contributed by atoms with Crippen molar-refractivity contribution >= 4 is 15.7 Å². The number of nitro groups is 1. The van der Waals surface area contributed by atoms with E-state index in [0.29, 0.717) is 6.42 Å². The SMILES string of the molecule is O=[N+]([O-])c1ccccc1CS(=O)(=O)NC1CCCC1CO. The highest BCUT2D eigenvalue weighted by atomic mass is 32.2. The molecule has 1 aromatic rings. The molecule has 2 N–H and O–H groups in total. The zero-order valence-electron chi connectivity index (χ0n) is 11.4. The molecule has 0 saturated heterocycles. The van der Waals surface area contributed by atoms with Crippen molar-refractivity contribution in [2.45, 2.75) is 31.1 Å². The van der Waals surface area contributed by atoms with Gasteiger partial charge < -0.3 is 5.11 Å². The first kappa shape index (κ1) is 15.9. The molecule has 8 heteroatoms. The summed E-state index contributed by atoms with van der Waals surface area (Å²) in [7, 11) is -3.68. The Kier molecular flexibility index (Phi) is 4.92. The van der Waals surface area contributed by atoms with Crippen LogP contribution in [0.2, 0.25) is 0 Å². The third-order valence-electron chi connectivity index (χ3n) is 3.76. The van der Waals surface area contributed by atoms with Crippen molar-refractivity contribution in [2.75, 3.05) is 6.61 Å². The van der Waals surface area contributed by atoms with Gasteiger partial charge in [-0.25, -0.2) is 13.1 Å². The number of hydrogen-bond acceptors (Lipinski definition) is 5. The fourth-order valence-corrected chi connectivity index (χ4v) is 4.21. The molecule has 2 unspecified atom stereocenters. The van der Waals surface area contributed by atoms with Gasteiger partial charge in [-0.1, -0.05) is 24.6 Å². The standard InChI is InChI=1S/C13H18N2O5S/c16-8-10-5-3-6-12(10)14-21(19,20)9-11-4-1-2-7-13(11)15(17)18/h1-2,4,7,10,12,14,16H,3,5-6,8-9H2. The summed E-state index contributed by atoms with van der Waals surface area (Å²) in [5.74, 6) is -0.510. The van der Waals surface area contributed by atoms with Crippen molar-refractivity contribution < 1.29 is 18.4 Å². The van der Waals surface area contributed by atoms with E-state index in [1.54, 1.807) is 6.07 Å². The van der Waals surface area contributed by atoms with Gasteiger partial charge in [0.25, 0.3) is 5.69 Å². The molecule has 1 aromatic carbocycles. The van der Waals surface area contributed by atoms with E-state index in [1.807, 2.05) is 0 Å². The summed E-state index contributed by atoms with van der Waals surface area (Å²) >= 11 is 0. The summed E-state index contributed by atoms with van der Waals surface area (Å²) in [6.07, 6.45) is 2.33. The fraction of sp³-hybridized carbons (Fsp3) is 0.538. The molecule has 0 aliphatic heterocycles. The van der Waals surface area contributed by atoms with E-state index >= 15 is 0 Å². The molecule has 1 aliphatic rings. The van der Waals surface area contributed by atoms with E-state index in [4.69, 9.17) is 0 Å². The third kappa shape index (κ3) is 3.99. The summed E-state index contributed by atoms with van der Waals surface area (Å²) < 4.78 is 26.9. The number of rotatable bonds is 6. The second-order valence-corrected chi connectivity index (χ2v) is 7.00. The van der Waals surface area contributed by atoms with Crippen LogP contribution in [-0.4, -0.2) is 31.1 Å². The number of benzene rings is 1. The number of para-hydroxylation sites is 1. The normalized spacial score (nSPS) is 22.3. The Balaban J connectivity index is 2.13. The highest BCUT2D eigenvalue weighted by molar-refractivity contribution is 7.88. The van der Waals surface area contributed by atoms with E-state index in [-0.39, 0.29) is 29.8 Å². The fourth-order valence-electron chi connectivity index (χ4n) is 2.70. The summed E-state index contributed by atoms with van der Waals surface area (Å²) in [4.78, 5) is 10.3. The van der Waals surface area contributed by atoms with Crippen LogP contribution in [0.4, 0.5) is 5.69 Å². The maximum atomic E-state index is 12.2. The van der Waals surface area contributed by atoms with E-state index in [2.05, 4.69) is 4.72 Å². The quantitative estimate of drug-likeness (QED) is 0.605. The zero-order valence-corrected chi connectivity index (χ0v) is 12.3. The van der Waals surface area contributed by atoms with Crippen molar-refractivity contribution in [3.8, 4) is 0 Å². The minimum Gasteiger partial charge on any atom is -0.396 e. The van der Waals surface area contributed by atoms with Gasteiger partial charge in [0.05, 0.1) is 10.7 Å². The lowest BCUT2D eigenvalue weighted by molar-refractivity contribution is -0.385. The number of sulfonamides is 1. The molecule has 2 rings (SSSR count). The number of nitrogens with zero attached hydrogens (tertiary/aromatic N) is 1. The predicted molar refractivity (Wildman–Crippen MR) is 77.1 cm³/mol. The number of hydrogen-bond donors (Lipinski definition) is 2. The summed E-state index contributed by atoms with van der Waals surface area (Å²) in [5.41, 5.74) is -0.0402. The minimum absolute atomic E-state index is 0.0569. The Morgan fingerprint density at radius 1 is 1.33 bits per heavy atom. The average molecular weight is 314 g/mol. The second kappa shape index (κ2) is 6.50. The van der Waals surface area contributed by atoms with Gasteiger partial charge in [0.1, 0.15) is 0 Å². The zero-order chi connectivity index (χ0) is 15.5. The summed E-state index contributed by atoms with van der Waals surface area (Å²) in [5, 5.41) is 20.1. The lowest BCUT2D eigenvalue weighted by atomic mass is 10.1. The molecular weight excluding hydrogens is 296 g/mol. The lowest BCUT2D eigenvalue weighted by Gasteiger charge is -2.18. The summed E-state index contributed by atoms with van der Waals surface area (Å²) in [6.45, 7) is -0.0569. The van der Waals surface area contributed by atoms with Crippen molar-refractivity contribution in [3.05, 3.63) is 39.9 Å². The minimum atomic E-state index is -3.68. The summed E-state index contributed by atoms with van der Waals surface area (Å²) in [6, 6.07) is 5.51. The van der Waals surface area contributed by atoms with Gasteiger partial charge in [0.2, 0.25) is 10.0 Å². The van der Waals surface area contributed by atoms with Crippen LogP contribution in [0.1, 0.15) is 24.8 Å². The Morgan fingerprint density at radius 2 is 2.05 bits per heavy atom. The third-order valence-corrected chi connectivity index (χ3v) is 5.11. The first-order valence-corrected chi connectivity index (χ1v) is 8.41. The Labute approximate surface area is 123 Å². The van der Waals surface area contributed by atoms with Gasteiger partial charge in [0, 0.05) is 24.3 Å². The smallest absolute Gasteiger partial charge is 0.273 e. The Bertz CT molecular complexity index is 617. The molecule has 0 bridgehead atoms. The van der Waals surface area contributed by atoms with E-state index in [0.717, 1.165) is 12.8 Å². The maximum Gasteiger partial charge on any atom is 0.273 e. The van der Waals surface area contributed by atoms with Gasteiger partial charge in [-0.05, 0) is 18.8 Å². The van der Waals surface area contributed by atoms with Crippen molar-refractivity contribution in [3.63, 3.8) is 0 Å². The van der Waals surface area contributed by atoms with Crippen LogP contribution >= 0.6 is 0 Å². The molecule has 0 radical (unpaired) electrons. The number of nitrogens with one attached hydrogen (secondary N) is 1. The number of nitro benzene ring substituents is 1. The molecule has 1 aliphatic carbocycles. The molecule has 21 heavy (non-hydrogen) atoms. The van der Waals surface area contributed by atoms with Crippen molar-refractivity contribution in [1.82, 2.24) is 4.72 Å². The topological polar surface area (TPSA) is 110 Å².